The average Bonchev–Trinajstić information content (AvgIpc) is 2.58. The van der Waals surface area contributed by atoms with Crippen molar-refractivity contribution in [1.82, 2.24) is 4.31 Å². The third kappa shape index (κ3) is 5.22. The normalized spacial score (nSPS) is 21.0. The zero-order chi connectivity index (χ0) is 18.3. The molecule has 0 saturated heterocycles. The number of methoxy groups -OCH3 is 1. The number of benzene rings is 1. The Morgan fingerprint density at radius 3 is 2.52 bits per heavy atom. The topological polar surface area (TPSA) is 55.8 Å². The number of allylic oxidation sites excluding steroid dienone is 2. The summed E-state index contributed by atoms with van der Waals surface area (Å²) in [4.78, 5) is 0.217. The number of nitrogens with zero attached hydrogens (tertiary/aromatic N) is 1. The first kappa shape index (κ1) is 19.8. The molecule has 140 valence electrons. The molecule has 1 aromatic rings. The van der Waals surface area contributed by atoms with Crippen molar-refractivity contribution in [2.45, 2.75) is 56.9 Å². The SMILES string of the molecule is COc1ccc2c(c1)OCCC/C=C/CCCCN(C(C)C)S2(=O)=O. The summed E-state index contributed by atoms with van der Waals surface area (Å²) in [7, 11) is -2.06. The Bertz CT molecular complexity index is 683. The monoisotopic (exact) mass is 367 g/mol. The van der Waals surface area contributed by atoms with Crippen LogP contribution in [-0.4, -0.2) is 39.0 Å². The minimum absolute atomic E-state index is 0.108. The van der Waals surface area contributed by atoms with Gasteiger partial charge in [0.2, 0.25) is 10.0 Å². The van der Waals surface area contributed by atoms with Crippen molar-refractivity contribution in [2.75, 3.05) is 20.3 Å². The zero-order valence-electron chi connectivity index (χ0n) is 15.4. The number of hydrogen-bond donors (Lipinski definition) is 0. The Morgan fingerprint density at radius 2 is 1.84 bits per heavy atom. The summed E-state index contributed by atoms with van der Waals surface area (Å²) in [5.74, 6) is 0.956. The third-order valence-corrected chi connectivity index (χ3v) is 6.37. The van der Waals surface area contributed by atoms with Crippen LogP contribution < -0.4 is 9.47 Å². The van der Waals surface area contributed by atoms with Crippen molar-refractivity contribution in [1.29, 1.82) is 0 Å². The molecule has 1 aliphatic heterocycles. The van der Waals surface area contributed by atoms with Crippen molar-refractivity contribution in [3.8, 4) is 11.5 Å². The predicted octanol–water partition coefficient (Wildman–Crippen LogP) is 3.99. The molecule has 0 N–H and O–H groups in total. The number of ether oxygens (including phenoxy) is 2. The van der Waals surface area contributed by atoms with Gasteiger partial charge in [-0.1, -0.05) is 12.2 Å². The molecular formula is C19H29NO4S. The number of hydrogen-bond acceptors (Lipinski definition) is 4. The molecule has 0 aliphatic carbocycles. The lowest BCUT2D eigenvalue weighted by Gasteiger charge is -2.27. The van der Waals surface area contributed by atoms with E-state index in [1.54, 1.807) is 29.6 Å². The fraction of sp³-hybridized carbons (Fsp3) is 0.579. The van der Waals surface area contributed by atoms with E-state index in [1.807, 2.05) is 13.8 Å². The summed E-state index contributed by atoms with van der Waals surface area (Å²) >= 11 is 0. The molecule has 0 unspecified atom stereocenters. The smallest absolute Gasteiger partial charge is 0.246 e. The van der Waals surface area contributed by atoms with Crippen LogP contribution in [0.3, 0.4) is 0 Å². The fourth-order valence-electron chi connectivity index (χ4n) is 2.87. The maximum Gasteiger partial charge on any atom is 0.246 e. The van der Waals surface area contributed by atoms with Crippen LogP contribution in [0.5, 0.6) is 11.5 Å². The van der Waals surface area contributed by atoms with Gasteiger partial charge in [0.05, 0.1) is 13.7 Å². The molecule has 0 spiro atoms. The van der Waals surface area contributed by atoms with Gasteiger partial charge >= 0.3 is 0 Å². The van der Waals surface area contributed by atoms with Gasteiger partial charge in [-0.15, -0.1) is 0 Å². The molecule has 0 aromatic heterocycles. The Kier molecular flexibility index (Phi) is 7.32. The highest BCUT2D eigenvalue weighted by Crippen LogP contribution is 2.32. The first-order valence-electron chi connectivity index (χ1n) is 8.94. The van der Waals surface area contributed by atoms with Gasteiger partial charge in [-0.05, 0) is 58.1 Å². The van der Waals surface area contributed by atoms with E-state index in [9.17, 15) is 8.42 Å². The summed E-state index contributed by atoms with van der Waals surface area (Å²) in [6.45, 7) is 4.80. The summed E-state index contributed by atoms with van der Waals surface area (Å²) < 4.78 is 39.1. The maximum atomic E-state index is 13.2. The molecule has 6 heteroatoms. The molecular weight excluding hydrogens is 338 g/mol. The van der Waals surface area contributed by atoms with E-state index < -0.39 is 10.0 Å². The summed E-state index contributed by atoms with van der Waals surface area (Å²) in [5.41, 5.74) is 0. The van der Waals surface area contributed by atoms with Crippen LogP contribution >= 0.6 is 0 Å². The summed E-state index contributed by atoms with van der Waals surface area (Å²) in [6, 6.07) is 4.81. The molecule has 0 bridgehead atoms. The van der Waals surface area contributed by atoms with E-state index in [0.29, 0.717) is 24.7 Å². The highest BCUT2D eigenvalue weighted by atomic mass is 32.2. The Hall–Kier alpha value is -1.53. The lowest BCUT2D eigenvalue weighted by molar-refractivity contribution is 0.297. The first-order chi connectivity index (χ1) is 12.0. The minimum Gasteiger partial charge on any atom is -0.497 e. The maximum absolute atomic E-state index is 13.2. The average molecular weight is 368 g/mol. The van der Waals surface area contributed by atoms with E-state index in [2.05, 4.69) is 12.2 Å². The molecule has 0 fully saturated rings. The Morgan fingerprint density at radius 1 is 1.12 bits per heavy atom. The quantitative estimate of drug-likeness (QED) is 0.742. The fourth-order valence-corrected chi connectivity index (χ4v) is 4.66. The minimum atomic E-state index is -3.62. The summed E-state index contributed by atoms with van der Waals surface area (Å²) in [5, 5.41) is 0. The van der Waals surface area contributed by atoms with Crippen molar-refractivity contribution in [3.05, 3.63) is 30.4 Å². The largest absolute Gasteiger partial charge is 0.497 e. The molecule has 0 radical (unpaired) electrons. The molecule has 1 heterocycles. The van der Waals surface area contributed by atoms with E-state index >= 15 is 0 Å². The second-order valence-electron chi connectivity index (χ2n) is 6.48. The van der Waals surface area contributed by atoms with Crippen LogP contribution in [-0.2, 0) is 10.0 Å². The Balaban J connectivity index is 2.42. The lowest BCUT2D eigenvalue weighted by Crippen LogP contribution is -2.37. The van der Waals surface area contributed by atoms with Gasteiger partial charge in [0.15, 0.2) is 0 Å². The molecule has 1 aliphatic rings. The first-order valence-corrected chi connectivity index (χ1v) is 10.4. The molecule has 25 heavy (non-hydrogen) atoms. The van der Waals surface area contributed by atoms with Crippen molar-refractivity contribution >= 4 is 10.0 Å². The van der Waals surface area contributed by atoms with Gasteiger partial charge in [0, 0.05) is 18.7 Å². The van der Waals surface area contributed by atoms with Crippen LogP contribution in [0, 0.1) is 0 Å². The van der Waals surface area contributed by atoms with E-state index in [1.165, 1.54) is 0 Å². The zero-order valence-corrected chi connectivity index (χ0v) is 16.2. The van der Waals surface area contributed by atoms with Gasteiger partial charge in [-0.3, -0.25) is 0 Å². The van der Waals surface area contributed by atoms with Crippen LogP contribution in [0.1, 0.15) is 46.0 Å². The van der Waals surface area contributed by atoms with Crippen molar-refractivity contribution in [3.63, 3.8) is 0 Å². The van der Waals surface area contributed by atoms with Gasteiger partial charge in [0.1, 0.15) is 16.4 Å². The standard InChI is InChI=1S/C19H29NO4S/c1-16(2)20-13-9-7-5-4-6-8-10-14-24-18-15-17(23-3)11-12-19(18)25(20,21)22/h4,6,11-12,15-16H,5,7-10,13-14H2,1-3H3/b6-4+. The molecule has 5 nitrogen and oxygen atoms in total. The van der Waals surface area contributed by atoms with Crippen LogP contribution in [0.15, 0.2) is 35.2 Å². The third-order valence-electron chi connectivity index (χ3n) is 4.25. The number of rotatable bonds is 2. The lowest BCUT2D eigenvalue weighted by atomic mass is 10.2. The molecule has 0 amide bonds. The van der Waals surface area contributed by atoms with E-state index in [4.69, 9.17) is 9.47 Å². The van der Waals surface area contributed by atoms with Gasteiger partial charge < -0.3 is 9.47 Å². The van der Waals surface area contributed by atoms with Crippen LogP contribution in [0.2, 0.25) is 0 Å². The number of sulfonamides is 1. The molecule has 2 rings (SSSR count). The van der Waals surface area contributed by atoms with Crippen LogP contribution in [0.4, 0.5) is 0 Å². The van der Waals surface area contributed by atoms with Crippen molar-refractivity contribution < 1.29 is 17.9 Å². The summed E-state index contributed by atoms with van der Waals surface area (Å²) in [6.07, 6.45) is 8.96. The molecule has 0 saturated carbocycles. The predicted molar refractivity (Wildman–Crippen MR) is 99.7 cm³/mol. The molecule has 1 aromatic carbocycles. The highest BCUT2D eigenvalue weighted by molar-refractivity contribution is 7.89. The van der Waals surface area contributed by atoms with Crippen molar-refractivity contribution in [2.24, 2.45) is 0 Å². The van der Waals surface area contributed by atoms with Gasteiger partial charge in [-0.25, -0.2) is 8.42 Å². The molecule has 0 atom stereocenters. The second-order valence-corrected chi connectivity index (χ2v) is 8.34. The van der Waals surface area contributed by atoms with E-state index in [0.717, 1.165) is 32.1 Å². The number of fused-ring (bicyclic) bond motifs is 1. The van der Waals surface area contributed by atoms with E-state index in [-0.39, 0.29) is 10.9 Å². The van der Waals surface area contributed by atoms with Gasteiger partial charge in [0.25, 0.3) is 0 Å². The Labute approximate surface area is 151 Å². The van der Waals surface area contributed by atoms with Gasteiger partial charge in [-0.2, -0.15) is 4.31 Å². The highest BCUT2D eigenvalue weighted by Gasteiger charge is 2.30. The van der Waals surface area contributed by atoms with Crippen LogP contribution in [0.25, 0.3) is 0 Å². The second kappa shape index (κ2) is 9.25.